The average molecular weight is 343 g/mol. The number of benzene rings is 2. The van der Waals surface area contributed by atoms with Gasteiger partial charge in [0.15, 0.2) is 9.84 Å². The van der Waals surface area contributed by atoms with Crippen LogP contribution in [0.1, 0.15) is 36.2 Å². The van der Waals surface area contributed by atoms with Gasteiger partial charge >= 0.3 is 0 Å². The Bertz CT molecular complexity index is 874. The van der Waals surface area contributed by atoms with Crippen LogP contribution in [0.4, 0.5) is 5.69 Å². The highest BCUT2D eigenvalue weighted by atomic mass is 32.2. The lowest BCUT2D eigenvalue weighted by Crippen LogP contribution is -2.36. The van der Waals surface area contributed by atoms with Gasteiger partial charge in [0.25, 0.3) is 5.91 Å². The predicted octanol–water partition coefficient (Wildman–Crippen LogP) is 3.46. The summed E-state index contributed by atoms with van der Waals surface area (Å²) < 4.78 is 25.1. The summed E-state index contributed by atoms with van der Waals surface area (Å²) in [6.45, 7) is 3.81. The van der Waals surface area contributed by atoms with E-state index in [9.17, 15) is 13.2 Å². The third-order valence-electron chi connectivity index (χ3n) is 4.35. The molecule has 3 rings (SSSR count). The van der Waals surface area contributed by atoms with Crippen molar-refractivity contribution in [1.29, 1.82) is 0 Å². The Labute approximate surface area is 143 Å². The van der Waals surface area contributed by atoms with Gasteiger partial charge in [-0.2, -0.15) is 0 Å². The molecule has 1 amide bonds. The molecule has 2 aromatic carbocycles. The zero-order valence-corrected chi connectivity index (χ0v) is 14.7. The van der Waals surface area contributed by atoms with Crippen molar-refractivity contribution in [3.05, 3.63) is 59.7 Å². The van der Waals surface area contributed by atoms with Crippen LogP contribution in [0.3, 0.4) is 0 Å². The van der Waals surface area contributed by atoms with Crippen molar-refractivity contribution in [3.8, 4) is 0 Å². The van der Waals surface area contributed by atoms with Crippen molar-refractivity contribution >= 4 is 21.4 Å². The lowest BCUT2D eigenvalue weighted by Gasteiger charge is -2.24. The third-order valence-corrected chi connectivity index (χ3v) is 6.32. The van der Waals surface area contributed by atoms with Gasteiger partial charge in [0.1, 0.15) is 0 Å². The maximum atomic E-state index is 13.2. The fourth-order valence-electron chi connectivity index (χ4n) is 3.30. The molecule has 1 aliphatic heterocycles. The largest absolute Gasteiger partial charge is 0.305 e. The smallest absolute Gasteiger partial charge is 0.259 e. The minimum absolute atomic E-state index is 0.0110. The SMILES string of the molecule is CCCS(=O)(=O)c1ccccc1C(=O)N1c2ccccc2CC1C. The third kappa shape index (κ3) is 2.84. The van der Waals surface area contributed by atoms with Crippen LogP contribution in [0, 0.1) is 0 Å². The molecule has 0 aliphatic carbocycles. The number of fused-ring (bicyclic) bond motifs is 1. The van der Waals surface area contributed by atoms with Crippen molar-refractivity contribution in [2.45, 2.75) is 37.6 Å². The molecule has 1 atom stereocenters. The molecule has 1 heterocycles. The van der Waals surface area contributed by atoms with Gasteiger partial charge in [0.2, 0.25) is 0 Å². The molecule has 0 N–H and O–H groups in total. The van der Waals surface area contributed by atoms with Crippen LogP contribution in [0.5, 0.6) is 0 Å². The van der Waals surface area contributed by atoms with Gasteiger partial charge in [-0.3, -0.25) is 4.79 Å². The quantitative estimate of drug-likeness (QED) is 0.854. The molecule has 0 saturated carbocycles. The Kier molecular flexibility index (Phi) is 4.45. The molecule has 0 fully saturated rings. The molecule has 4 nitrogen and oxygen atoms in total. The minimum atomic E-state index is -3.46. The number of nitrogens with zero attached hydrogens (tertiary/aromatic N) is 1. The first-order chi connectivity index (χ1) is 11.5. The van der Waals surface area contributed by atoms with E-state index < -0.39 is 9.84 Å². The van der Waals surface area contributed by atoms with Gasteiger partial charge in [0, 0.05) is 11.7 Å². The zero-order valence-electron chi connectivity index (χ0n) is 13.9. The van der Waals surface area contributed by atoms with Crippen LogP contribution in [0.2, 0.25) is 0 Å². The summed E-state index contributed by atoms with van der Waals surface area (Å²) in [6, 6.07) is 14.3. The number of hydrogen-bond acceptors (Lipinski definition) is 3. The van der Waals surface area contributed by atoms with E-state index in [1.807, 2.05) is 38.1 Å². The summed E-state index contributed by atoms with van der Waals surface area (Å²) >= 11 is 0. The van der Waals surface area contributed by atoms with Gasteiger partial charge in [0.05, 0.1) is 16.2 Å². The number of para-hydroxylation sites is 1. The summed E-state index contributed by atoms with van der Waals surface area (Å²) in [6.07, 6.45) is 1.31. The van der Waals surface area contributed by atoms with E-state index in [4.69, 9.17) is 0 Å². The summed E-state index contributed by atoms with van der Waals surface area (Å²) in [4.78, 5) is 15.0. The topological polar surface area (TPSA) is 54.5 Å². The Morgan fingerprint density at radius 1 is 1.12 bits per heavy atom. The summed E-state index contributed by atoms with van der Waals surface area (Å²) in [5.41, 5.74) is 2.25. The Balaban J connectivity index is 2.07. The zero-order chi connectivity index (χ0) is 17.3. The van der Waals surface area contributed by atoms with Crippen molar-refractivity contribution in [1.82, 2.24) is 0 Å². The van der Waals surface area contributed by atoms with Crippen LogP contribution in [-0.2, 0) is 16.3 Å². The second-order valence-corrected chi connectivity index (χ2v) is 8.25. The first-order valence-electron chi connectivity index (χ1n) is 8.19. The van der Waals surface area contributed by atoms with Crippen molar-refractivity contribution < 1.29 is 13.2 Å². The second kappa shape index (κ2) is 6.40. The van der Waals surface area contributed by atoms with Crippen LogP contribution < -0.4 is 4.90 Å². The second-order valence-electron chi connectivity index (χ2n) is 6.17. The van der Waals surface area contributed by atoms with Crippen molar-refractivity contribution in [2.24, 2.45) is 0 Å². The molecule has 0 bridgehead atoms. The highest BCUT2D eigenvalue weighted by molar-refractivity contribution is 7.91. The maximum Gasteiger partial charge on any atom is 0.259 e. The van der Waals surface area contributed by atoms with Gasteiger partial charge in [-0.1, -0.05) is 37.3 Å². The van der Waals surface area contributed by atoms with Gasteiger partial charge in [-0.05, 0) is 43.5 Å². The number of carbonyl (C=O) groups excluding carboxylic acids is 1. The number of anilines is 1. The van der Waals surface area contributed by atoms with Gasteiger partial charge in [-0.15, -0.1) is 0 Å². The summed E-state index contributed by atoms with van der Waals surface area (Å²) in [5.74, 6) is -0.202. The highest BCUT2D eigenvalue weighted by Gasteiger charge is 2.33. The minimum Gasteiger partial charge on any atom is -0.305 e. The van der Waals surface area contributed by atoms with E-state index in [-0.39, 0.29) is 28.2 Å². The highest BCUT2D eigenvalue weighted by Crippen LogP contribution is 2.34. The van der Waals surface area contributed by atoms with E-state index in [2.05, 4.69) is 0 Å². The van der Waals surface area contributed by atoms with Crippen molar-refractivity contribution in [2.75, 3.05) is 10.7 Å². The molecule has 2 aromatic rings. The van der Waals surface area contributed by atoms with E-state index in [1.54, 1.807) is 23.1 Å². The molecule has 0 saturated heterocycles. The molecule has 1 aliphatic rings. The fraction of sp³-hybridized carbons (Fsp3) is 0.316. The number of sulfone groups is 1. The van der Waals surface area contributed by atoms with E-state index in [1.165, 1.54) is 6.07 Å². The van der Waals surface area contributed by atoms with Crippen LogP contribution in [0.15, 0.2) is 53.4 Å². The van der Waals surface area contributed by atoms with Crippen LogP contribution >= 0.6 is 0 Å². The number of carbonyl (C=O) groups is 1. The van der Waals surface area contributed by atoms with Crippen LogP contribution in [-0.4, -0.2) is 26.1 Å². The Morgan fingerprint density at radius 3 is 2.54 bits per heavy atom. The molecule has 0 spiro atoms. The average Bonchev–Trinajstić information content (AvgIpc) is 2.90. The lowest BCUT2D eigenvalue weighted by molar-refractivity contribution is 0.0978. The molecular formula is C19H21NO3S. The molecule has 0 aromatic heterocycles. The predicted molar refractivity (Wildman–Crippen MR) is 95.2 cm³/mol. The van der Waals surface area contributed by atoms with E-state index >= 15 is 0 Å². The fourth-order valence-corrected chi connectivity index (χ4v) is 4.83. The van der Waals surface area contributed by atoms with Gasteiger partial charge < -0.3 is 4.90 Å². The molecule has 24 heavy (non-hydrogen) atoms. The number of rotatable bonds is 4. The molecule has 1 unspecified atom stereocenters. The molecule has 5 heteroatoms. The standard InChI is InChI=1S/C19H21NO3S/c1-3-12-24(22,23)18-11-7-5-9-16(18)19(21)20-14(2)13-15-8-4-6-10-17(15)20/h4-11,14H,3,12-13H2,1-2H3. The Hall–Kier alpha value is -2.14. The Morgan fingerprint density at radius 2 is 1.79 bits per heavy atom. The molecule has 0 radical (unpaired) electrons. The molecular weight excluding hydrogens is 322 g/mol. The van der Waals surface area contributed by atoms with E-state index in [0.717, 1.165) is 17.7 Å². The molecule has 126 valence electrons. The van der Waals surface area contributed by atoms with E-state index in [0.29, 0.717) is 6.42 Å². The van der Waals surface area contributed by atoms with Crippen molar-refractivity contribution in [3.63, 3.8) is 0 Å². The maximum absolute atomic E-state index is 13.2. The van der Waals surface area contributed by atoms with Gasteiger partial charge in [-0.25, -0.2) is 8.42 Å². The summed E-state index contributed by atoms with van der Waals surface area (Å²) in [5, 5.41) is 0. The first-order valence-corrected chi connectivity index (χ1v) is 9.84. The van der Waals surface area contributed by atoms with Crippen LogP contribution in [0.25, 0.3) is 0 Å². The summed E-state index contributed by atoms with van der Waals surface area (Å²) in [7, 11) is -3.46. The number of hydrogen-bond donors (Lipinski definition) is 0. The number of amides is 1. The normalized spacial score (nSPS) is 16.9. The monoisotopic (exact) mass is 343 g/mol. The lowest BCUT2D eigenvalue weighted by atomic mass is 10.1. The first kappa shape index (κ1) is 16.7.